The third kappa shape index (κ3) is 3.67. The van der Waals surface area contributed by atoms with Crippen molar-refractivity contribution in [2.24, 2.45) is 5.73 Å². The first-order valence-electron chi connectivity index (χ1n) is 8.30. The predicted octanol–water partition coefficient (Wildman–Crippen LogP) is 3.41. The molecule has 0 radical (unpaired) electrons. The van der Waals surface area contributed by atoms with Crippen LogP contribution in [-0.2, 0) is 17.6 Å². The molecule has 0 fully saturated rings. The van der Waals surface area contributed by atoms with Crippen molar-refractivity contribution in [3.8, 4) is 0 Å². The molecule has 2 aliphatic rings. The lowest BCUT2D eigenvalue weighted by atomic mass is 9.94. The number of nitrogens with two attached hydrogens (primary N) is 1. The average Bonchev–Trinajstić information content (AvgIpc) is 3.17. The van der Waals surface area contributed by atoms with Crippen LogP contribution in [0.1, 0.15) is 67.3 Å². The van der Waals surface area contributed by atoms with Crippen molar-refractivity contribution in [1.82, 2.24) is 5.32 Å². The molecule has 0 unspecified atom stereocenters. The fraction of sp³-hybridized carbons (Fsp3) is 0.500. The summed E-state index contributed by atoms with van der Waals surface area (Å²) in [6.07, 6.45) is 10.0. The first-order chi connectivity index (χ1) is 11.1. The number of hydrogen-bond acceptors (Lipinski definition) is 4. The lowest BCUT2D eigenvalue weighted by molar-refractivity contribution is -0.119. The number of rotatable bonds is 1. The van der Waals surface area contributed by atoms with E-state index in [9.17, 15) is 4.79 Å². The number of carbonyl (C=O) groups excluding carboxylic acids is 1. The number of carbonyl (C=O) groups is 1. The fourth-order valence-corrected chi connectivity index (χ4v) is 3.39. The minimum atomic E-state index is 0.00856. The van der Waals surface area contributed by atoms with E-state index >= 15 is 0 Å². The Labute approximate surface area is 136 Å². The summed E-state index contributed by atoms with van der Waals surface area (Å²) in [5.74, 6) is 1.96. The molecule has 124 valence electrons. The standard InChI is InChI=1S/C10H13NO2.C8H11NO/c1-7(12)11-9-4-2-3-8-5-6-13-10(8)9;9-7-3-1-2-6-4-5-10-8(6)7/h5-6,9H,2-4H2,1H3,(H,11,12);4-5,7H,1-3,9H2/t9-;7-/m10/s1. The van der Waals surface area contributed by atoms with E-state index in [-0.39, 0.29) is 18.0 Å². The minimum Gasteiger partial charge on any atom is -0.467 e. The van der Waals surface area contributed by atoms with Crippen LogP contribution in [0.15, 0.2) is 33.5 Å². The van der Waals surface area contributed by atoms with Crippen molar-refractivity contribution in [3.63, 3.8) is 0 Å². The first-order valence-corrected chi connectivity index (χ1v) is 8.30. The summed E-state index contributed by atoms with van der Waals surface area (Å²) in [5.41, 5.74) is 8.34. The van der Waals surface area contributed by atoms with Gasteiger partial charge in [0.2, 0.25) is 5.91 Å². The second kappa shape index (κ2) is 7.04. The summed E-state index contributed by atoms with van der Waals surface area (Å²) in [4.78, 5) is 10.9. The van der Waals surface area contributed by atoms with Crippen molar-refractivity contribution >= 4 is 5.91 Å². The molecule has 0 bridgehead atoms. The third-order valence-corrected chi connectivity index (χ3v) is 4.49. The van der Waals surface area contributed by atoms with Gasteiger partial charge in [0.15, 0.2) is 0 Å². The Morgan fingerprint density at radius 3 is 2.35 bits per heavy atom. The van der Waals surface area contributed by atoms with Crippen LogP contribution in [0.5, 0.6) is 0 Å². The fourth-order valence-electron chi connectivity index (χ4n) is 3.39. The molecule has 2 aromatic rings. The molecule has 5 heteroatoms. The molecule has 2 atom stereocenters. The van der Waals surface area contributed by atoms with Crippen molar-refractivity contribution in [2.45, 2.75) is 57.5 Å². The molecule has 1 amide bonds. The summed E-state index contributed by atoms with van der Waals surface area (Å²) in [7, 11) is 0. The van der Waals surface area contributed by atoms with Crippen LogP contribution in [0.3, 0.4) is 0 Å². The van der Waals surface area contributed by atoms with Crippen LogP contribution >= 0.6 is 0 Å². The summed E-state index contributed by atoms with van der Waals surface area (Å²) in [6, 6.07) is 4.26. The normalized spacial score (nSPS) is 22.3. The number of hydrogen-bond donors (Lipinski definition) is 2. The van der Waals surface area contributed by atoms with E-state index < -0.39 is 0 Å². The summed E-state index contributed by atoms with van der Waals surface area (Å²) >= 11 is 0. The number of fused-ring (bicyclic) bond motifs is 2. The van der Waals surface area contributed by atoms with Crippen LogP contribution in [0.2, 0.25) is 0 Å². The van der Waals surface area contributed by atoms with Gasteiger partial charge in [-0.25, -0.2) is 0 Å². The third-order valence-electron chi connectivity index (χ3n) is 4.49. The van der Waals surface area contributed by atoms with Crippen molar-refractivity contribution < 1.29 is 13.6 Å². The van der Waals surface area contributed by atoms with Gasteiger partial charge in [-0.3, -0.25) is 4.79 Å². The zero-order chi connectivity index (χ0) is 16.2. The molecular formula is C18H24N2O3. The highest BCUT2D eigenvalue weighted by Crippen LogP contribution is 2.30. The molecule has 2 aliphatic carbocycles. The zero-order valence-corrected chi connectivity index (χ0v) is 13.5. The monoisotopic (exact) mass is 316 g/mol. The van der Waals surface area contributed by atoms with Gasteiger partial charge in [0.25, 0.3) is 0 Å². The smallest absolute Gasteiger partial charge is 0.217 e. The maximum atomic E-state index is 10.9. The molecule has 23 heavy (non-hydrogen) atoms. The molecule has 0 saturated carbocycles. The Balaban J connectivity index is 0.000000140. The van der Waals surface area contributed by atoms with Crippen LogP contribution in [0, 0.1) is 0 Å². The SMILES string of the molecule is CC(=O)N[C@@H]1CCCc2ccoc21.N[C@H]1CCCc2ccoc21. The number of nitrogens with one attached hydrogen (secondary N) is 1. The number of amides is 1. The molecule has 2 aromatic heterocycles. The van der Waals surface area contributed by atoms with Gasteiger partial charge in [-0.05, 0) is 61.8 Å². The van der Waals surface area contributed by atoms with E-state index in [1.807, 2.05) is 12.1 Å². The van der Waals surface area contributed by atoms with Gasteiger partial charge in [-0.2, -0.15) is 0 Å². The van der Waals surface area contributed by atoms with Gasteiger partial charge in [-0.1, -0.05) is 0 Å². The summed E-state index contributed by atoms with van der Waals surface area (Å²) in [6.45, 7) is 1.54. The largest absolute Gasteiger partial charge is 0.467 e. The van der Waals surface area contributed by atoms with Crippen molar-refractivity contribution in [1.29, 1.82) is 0 Å². The number of furan rings is 2. The number of aryl methyl sites for hydroxylation is 2. The van der Waals surface area contributed by atoms with Gasteiger partial charge in [0.05, 0.1) is 24.6 Å². The van der Waals surface area contributed by atoms with E-state index in [1.54, 1.807) is 12.5 Å². The first kappa shape index (κ1) is 15.9. The van der Waals surface area contributed by atoms with Crippen LogP contribution < -0.4 is 11.1 Å². The Kier molecular flexibility index (Phi) is 4.86. The van der Waals surface area contributed by atoms with Crippen LogP contribution in [-0.4, -0.2) is 5.91 Å². The quantitative estimate of drug-likeness (QED) is 0.844. The highest BCUT2D eigenvalue weighted by Gasteiger charge is 2.23. The Bertz CT molecular complexity index is 659. The molecule has 4 rings (SSSR count). The minimum absolute atomic E-state index is 0.00856. The average molecular weight is 316 g/mol. The molecule has 0 saturated heterocycles. The Morgan fingerprint density at radius 2 is 1.70 bits per heavy atom. The second-order valence-electron chi connectivity index (χ2n) is 6.26. The molecule has 2 heterocycles. The van der Waals surface area contributed by atoms with Gasteiger partial charge in [0.1, 0.15) is 11.5 Å². The topological polar surface area (TPSA) is 81.4 Å². The lowest BCUT2D eigenvalue weighted by Gasteiger charge is -2.21. The molecule has 0 aromatic carbocycles. The molecule has 5 nitrogen and oxygen atoms in total. The van der Waals surface area contributed by atoms with E-state index in [0.29, 0.717) is 0 Å². The molecule has 3 N–H and O–H groups in total. The highest BCUT2D eigenvalue weighted by atomic mass is 16.3. The van der Waals surface area contributed by atoms with Gasteiger partial charge < -0.3 is 19.9 Å². The summed E-state index contributed by atoms with van der Waals surface area (Å²) < 4.78 is 10.6. The predicted molar refractivity (Wildman–Crippen MR) is 86.8 cm³/mol. The summed E-state index contributed by atoms with van der Waals surface area (Å²) in [5, 5.41) is 2.89. The molecular weight excluding hydrogens is 292 g/mol. The van der Waals surface area contributed by atoms with Gasteiger partial charge >= 0.3 is 0 Å². The maximum Gasteiger partial charge on any atom is 0.217 e. The zero-order valence-electron chi connectivity index (χ0n) is 13.5. The Hall–Kier alpha value is -2.01. The lowest BCUT2D eigenvalue weighted by Crippen LogP contribution is -2.28. The second-order valence-corrected chi connectivity index (χ2v) is 6.26. The molecule has 0 aliphatic heterocycles. The Morgan fingerprint density at radius 1 is 1.09 bits per heavy atom. The van der Waals surface area contributed by atoms with Crippen molar-refractivity contribution in [3.05, 3.63) is 47.3 Å². The van der Waals surface area contributed by atoms with E-state index in [2.05, 4.69) is 5.32 Å². The molecule has 0 spiro atoms. The van der Waals surface area contributed by atoms with E-state index in [4.69, 9.17) is 14.6 Å². The maximum absolute atomic E-state index is 10.9. The van der Waals surface area contributed by atoms with Gasteiger partial charge in [0, 0.05) is 6.92 Å². The highest BCUT2D eigenvalue weighted by molar-refractivity contribution is 5.73. The van der Waals surface area contributed by atoms with E-state index in [1.165, 1.54) is 24.5 Å². The van der Waals surface area contributed by atoms with Gasteiger partial charge in [-0.15, -0.1) is 0 Å². The van der Waals surface area contributed by atoms with Crippen LogP contribution in [0.4, 0.5) is 0 Å². The van der Waals surface area contributed by atoms with E-state index in [0.717, 1.165) is 43.6 Å². The van der Waals surface area contributed by atoms with Crippen LogP contribution in [0.25, 0.3) is 0 Å². The van der Waals surface area contributed by atoms with Crippen molar-refractivity contribution in [2.75, 3.05) is 0 Å².